The zero-order chi connectivity index (χ0) is 18.2. The van der Waals surface area contributed by atoms with Crippen molar-refractivity contribution in [3.63, 3.8) is 0 Å². The Morgan fingerprint density at radius 2 is 2.12 bits per heavy atom. The molecule has 0 radical (unpaired) electrons. The van der Waals surface area contributed by atoms with Crippen molar-refractivity contribution in [3.8, 4) is 0 Å². The van der Waals surface area contributed by atoms with Gasteiger partial charge in [0, 0.05) is 32.4 Å². The molecule has 1 saturated heterocycles. The van der Waals surface area contributed by atoms with Gasteiger partial charge in [0.15, 0.2) is 0 Å². The zero-order valence-electron chi connectivity index (χ0n) is 14.6. The summed E-state index contributed by atoms with van der Waals surface area (Å²) in [6.07, 6.45) is 2.64. The fourth-order valence-electron chi connectivity index (χ4n) is 3.10. The van der Waals surface area contributed by atoms with E-state index in [4.69, 9.17) is 0 Å². The number of sulfonamides is 1. The van der Waals surface area contributed by atoms with Gasteiger partial charge in [-0.3, -0.25) is 14.3 Å². The first-order chi connectivity index (χ1) is 11.9. The summed E-state index contributed by atoms with van der Waals surface area (Å²) in [6, 6.07) is 1.18. The van der Waals surface area contributed by atoms with Gasteiger partial charge in [0.05, 0.1) is 5.39 Å². The Bertz CT molecular complexity index is 1010. The third-order valence-corrected chi connectivity index (χ3v) is 6.34. The molecular formula is C15H22ClN5O4S. The molecule has 0 bridgehead atoms. The van der Waals surface area contributed by atoms with Crippen LogP contribution in [0.15, 0.2) is 26.7 Å². The minimum absolute atomic E-state index is 0. The summed E-state index contributed by atoms with van der Waals surface area (Å²) >= 11 is 0. The van der Waals surface area contributed by atoms with E-state index in [1.807, 2.05) is 6.92 Å². The number of nitrogens with zero attached hydrogens (tertiary/aromatic N) is 3. The van der Waals surface area contributed by atoms with Crippen molar-refractivity contribution in [2.75, 3.05) is 19.6 Å². The lowest BCUT2D eigenvalue weighted by molar-refractivity contribution is 0.335. The minimum Gasteiger partial charge on any atom is -0.315 e. The SMILES string of the molecule is CCCN(C1CCNC1)S(=O)(=O)c1cnc2c(c1)c(=O)[nH]c(=O)n2C.Cl. The largest absolute Gasteiger partial charge is 0.329 e. The van der Waals surface area contributed by atoms with Crippen molar-refractivity contribution in [3.05, 3.63) is 33.1 Å². The van der Waals surface area contributed by atoms with Crippen LogP contribution in [0.4, 0.5) is 0 Å². The summed E-state index contributed by atoms with van der Waals surface area (Å²) in [6.45, 7) is 3.70. The maximum atomic E-state index is 13.1. The lowest BCUT2D eigenvalue weighted by atomic mass is 10.2. The summed E-state index contributed by atoms with van der Waals surface area (Å²) < 4.78 is 28.8. The molecule has 2 aromatic heterocycles. The molecular weight excluding hydrogens is 382 g/mol. The van der Waals surface area contributed by atoms with E-state index < -0.39 is 21.3 Å². The van der Waals surface area contributed by atoms with Gasteiger partial charge in [0.2, 0.25) is 10.0 Å². The van der Waals surface area contributed by atoms with Gasteiger partial charge in [-0.1, -0.05) is 6.92 Å². The predicted molar refractivity (Wildman–Crippen MR) is 100 cm³/mol. The molecule has 144 valence electrons. The summed E-state index contributed by atoms with van der Waals surface area (Å²) in [5.41, 5.74) is -1.09. The van der Waals surface area contributed by atoms with Gasteiger partial charge in [-0.2, -0.15) is 4.31 Å². The lowest BCUT2D eigenvalue weighted by Crippen LogP contribution is -2.42. The maximum absolute atomic E-state index is 13.1. The molecule has 0 aromatic carbocycles. The number of pyridine rings is 1. The highest BCUT2D eigenvalue weighted by Crippen LogP contribution is 2.22. The Balaban J connectivity index is 0.00000243. The first-order valence-corrected chi connectivity index (χ1v) is 9.62. The number of rotatable bonds is 5. The number of halogens is 1. The molecule has 0 aliphatic carbocycles. The van der Waals surface area contributed by atoms with Crippen molar-refractivity contribution >= 4 is 33.5 Å². The minimum atomic E-state index is -3.79. The van der Waals surface area contributed by atoms with E-state index in [9.17, 15) is 18.0 Å². The van der Waals surface area contributed by atoms with Crippen molar-refractivity contribution in [1.29, 1.82) is 0 Å². The van der Waals surface area contributed by atoms with E-state index in [0.717, 1.165) is 13.0 Å². The molecule has 2 N–H and O–H groups in total. The normalized spacial score (nSPS) is 17.6. The molecule has 26 heavy (non-hydrogen) atoms. The molecule has 11 heteroatoms. The Labute approximate surface area is 156 Å². The van der Waals surface area contributed by atoms with Crippen LogP contribution in [0.2, 0.25) is 0 Å². The first-order valence-electron chi connectivity index (χ1n) is 8.18. The van der Waals surface area contributed by atoms with Crippen molar-refractivity contribution in [2.45, 2.75) is 30.7 Å². The maximum Gasteiger partial charge on any atom is 0.329 e. The molecule has 1 aliphatic rings. The van der Waals surface area contributed by atoms with E-state index in [2.05, 4.69) is 15.3 Å². The Hall–Kier alpha value is -1.75. The van der Waals surface area contributed by atoms with Gasteiger partial charge in [-0.15, -0.1) is 12.4 Å². The summed E-state index contributed by atoms with van der Waals surface area (Å²) in [5.74, 6) is 0. The van der Waals surface area contributed by atoms with E-state index >= 15 is 0 Å². The van der Waals surface area contributed by atoms with Crippen LogP contribution in [-0.2, 0) is 17.1 Å². The standard InChI is InChI=1S/C15H21N5O4S.ClH/c1-3-6-20(10-4-5-16-8-10)25(23,24)11-7-12-13(17-9-11)19(2)15(22)18-14(12)21;/h7,9-10,16H,3-6,8H2,1-2H3,(H,18,21,22);1H. The smallest absolute Gasteiger partial charge is 0.315 e. The average Bonchev–Trinajstić information content (AvgIpc) is 3.11. The average molecular weight is 404 g/mol. The fraction of sp³-hybridized carbons (Fsp3) is 0.533. The van der Waals surface area contributed by atoms with Crippen LogP contribution in [0.1, 0.15) is 19.8 Å². The van der Waals surface area contributed by atoms with E-state index in [0.29, 0.717) is 19.5 Å². The fourth-order valence-corrected chi connectivity index (χ4v) is 4.82. The Morgan fingerprint density at radius 1 is 1.38 bits per heavy atom. The van der Waals surface area contributed by atoms with E-state index in [1.54, 1.807) is 0 Å². The highest BCUT2D eigenvalue weighted by atomic mass is 35.5. The second kappa shape index (κ2) is 7.87. The molecule has 0 amide bonds. The molecule has 1 fully saturated rings. The summed E-state index contributed by atoms with van der Waals surface area (Å²) in [7, 11) is -2.32. The van der Waals surface area contributed by atoms with Gasteiger partial charge in [0.1, 0.15) is 10.5 Å². The van der Waals surface area contributed by atoms with Gasteiger partial charge in [-0.25, -0.2) is 18.2 Å². The molecule has 2 aromatic rings. The van der Waals surface area contributed by atoms with Gasteiger partial charge in [-0.05, 0) is 25.5 Å². The molecule has 3 rings (SSSR count). The quantitative estimate of drug-likeness (QED) is 0.714. The van der Waals surface area contributed by atoms with Crippen molar-refractivity contribution in [2.24, 2.45) is 7.05 Å². The molecule has 0 spiro atoms. The molecule has 1 unspecified atom stereocenters. The van der Waals surface area contributed by atoms with Gasteiger partial charge >= 0.3 is 5.69 Å². The molecule has 1 atom stereocenters. The zero-order valence-corrected chi connectivity index (χ0v) is 16.2. The first kappa shape index (κ1) is 20.6. The second-order valence-corrected chi connectivity index (χ2v) is 8.01. The number of H-pyrrole nitrogens is 1. The second-order valence-electron chi connectivity index (χ2n) is 6.12. The Kier molecular flexibility index (Phi) is 6.22. The van der Waals surface area contributed by atoms with Crippen LogP contribution < -0.4 is 16.6 Å². The van der Waals surface area contributed by atoms with Crippen molar-refractivity contribution in [1.82, 2.24) is 24.2 Å². The van der Waals surface area contributed by atoms with Gasteiger partial charge < -0.3 is 5.32 Å². The summed E-state index contributed by atoms with van der Waals surface area (Å²) in [5, 5.41) is 3.25. The number of aromatic nitrogens is 3. The van der Waals surface area contributed by atoms with E-state index in [-0.39, 0.29) is 34.4 Å². The number of aromatic amines is 1. The van der Waals surface area contributed by atoms with Crippen LogP contribution in [0.5, 0.6) is 0 Å². The van der Waals surface area contributed by atoms with E-state index in [1.165, 1.54) is 28.2 Å². The van der Waals surface area contributed by atoms with Crippen LogP contribution in [0.25, 0.3) is 11.0 Å². The third kappa shape index (κ3) is 3.54. The van der Waals surface area contributed by atoms with Crippen molar-refractivity contribution < 1.29 is 8.42 Å². The molecule has 0 saturated carbocycles. The molecule has 9 nitrogen and oxygen atoms in total. The predicted octanol–water partition coefficient (Wildman–Crippen LogP) is -0.194. The van der Waals surface area contributed by atoms with Crippen LogP contribution in [0.3, 0.4) is 0 Å². The number of hydrogen-bond acceptors (Lipinski definition) is 6. The highest BCUT2D eigenvalue weighted by molar-refractivity contribution is 7.89. The topological polar surface area (TPSA) is 117 Å². The molecule has 3 heterocycles. The Morgan fingerprint density at radius 3 is 2.73 bits per heavy atom. The van der Waals surface area contributed by atoms with Gasteiger partial charge in [0.25, 0.3) is 5.56 Å². The highest BCUT2D eigenvalue weighted by Gasteiger charge is 2.33. The van der Waals surface area contributed by atoms with Crippen LogP contribution in [0, 0.1) is 0 Å². The molecule has 1 aliphatic heterocycles. The number of aryl methyl sites for hydroxylation is 1. The van der Waals surface area contributed by atoms with Crippen LogP contribution >= 0.6 is 12.4 Å². The number of fused-ring (bicyclic) bond motifs is 1. The van der Waals surface area contributed by atoms with Crippen LogP contribution in [-0.4, -0.2) is 52.9 Å². The summed E-state index contributed by atoms with van der Waals surface area (Å²) in [4.78, 5) is 29.9. The number of nitrogens with one attached hydrogen (secondary N) is 2. The monoisotopic (exact) mass is 403 g/mol. The third-order valence-electron chi connectivity index (χ3n) is 4.42. The number of hydrogen-bond donors (Lipinski definition) is 2. The lowest BCUT2D eigenvalue weighted by Gasteiger charge is -2.27.